The van der Waals surface area contributed by atoms with E-state index in [4.69, 9.17) is 5.73 Å². The molecule has 1 saturated carbocycles. The lowest BCUT2D eigenvalue weighted by molar-refractivity contribution is -0.0176. The predicted octanol–water partition coefficient (Wildman–Crippen LogP) is 3.43. The molecule has 2 heteroatoms. The summed E-state index contributed by atoms with van der Waals surface area (Å²) in [5.74, 6) is 0. The Morgan fingerprint density at radius 1 is 0.944 bits per heavy atom. The fourth-order valence-electron chi connectivity index (χ4n) is 3.69. The molecule has 1 aliphatic heterocycles. The first-order valence-corrected chi connectivity index (χ1v) is 7.33. The quantitative estimate of drug-likeness (QED) is 0.808. The number of hydrogen-bond donors (Lipinski definition) is 1. The maximum absolute atomic E-state index is 5.72. The van der Waals surface area contributed by atoms with E-state index in [-0.39, 0.29) is 0 Å². The van der Waals surface area contributed by atoms with Gasteiger partial charge in [0.25, 0.3) is 0 Å². The molecule has 1 heterocycles. The van der Waals surface area contributed by atoms with Gasteiger partial charge in [0.2, 0.25) is 0 Å². The smallest absolute Gasteiger partial charge is 0.0314 e. The van der Waals surface area contributed by atoms with Gasteiger partial charge in [-0.25, -0.2) is 0 Å². The number of rotatable bonds is 2. The molecule has 0 atom stereocenters. The molecule has 0 radical (unpaired) electrons. The number of nitrogens with two attached hydrogens (primary N) is 1. The van der Waals surface area contributed by atoms with Crippen LogP contribution < -0.4 is 5.73 Å². The van der Waals surface area contributed by atoms with E-state index in [1.165, 1.54) is 57.2 Å². The second kappa shape index (κ2) is 4.93. The third-order valence-corrected chi connectivity index (χ3v) is 4.67. The Kier molecular flexibility index (Phi) is 3.29. The molecule has 1 aliphatic carbocycles. The summed E-state index contributed by atoms with van der Waals surface area (Å²) >= 11 is 0. The fraction of sp³-hybridized carbons (Fsp3) is 0.625. The molecule has 1 saturated heterocycles. The maximum atomic E-state index is 5.72. The van der Waals surface area contributed by atoms with E-state index in [0.717, 1.165) is 12.2 Å². The lowest BCUT2D eigenvalue weighted by Crippen LogP contribution is -2.55. The minimum atomic E-state index is 0.685. The SMILES string of the molecule is Nc1ccc(CN2CC3(CCCCCC3)C2)cc1. The highest BCUT2D eigenvalue weighted by Gasteiger charge is 2.42. The summed E-state index contributed by atoms with van der Waals surface area (Å²) in [7, 11) is 0. The minimum Gasteiger partial charge on any atom is -0.399 e. The number of nitrogen functional groups attached to an aromatic ring is 1. The molecule has 3 rings (SSSR count). The van der Waals surface area contributed by atoms with Gasteiger partial charge in [0.15, 0.2) is 0 Å². The molecular formula is C16H24N2. The summed E-state index contributed by atoms with van der Waals surface area (Å²) in [6.07, 6.45) is 8.75. The van der Waals surface area contributed by atoms with Gasteiger partial charge in [0.05, 0.1) is 0 Å². The molecule has 1 aromatic rings. The first-order valence-electron chi connectivity index (χ1n) is 7.33. The second-order valence-electron chi connectivity index (χ2n) is 6.30. The molecule has 98 valence electrons. The Balaban J connectivity index is 1.54. The van der Waals surface area contributed by atoms with Gasteiger partial charge in [-0.2, -0.15) is 0 Å². The molecule has 1 aromatic carbocycles. The number of anilines is 1. The van der Waals surface area contributed by atoms with Crippen LogP contribution in [0.4, 0.5) is 5.69 Å². The zero-order valence-electron chi connectivity index (χ0n) is 11.2. The van der Waals surface area contributed by atoms with E-state index in [1.807, 2.05) is 12.1 Å². The molecule has 0 amide bonds. The Labute approximate surface area is 110 Å². The van der Waals surface area contributed by atoms with Crippen molar-refractivity contribution in [3.05, 3.63) is 29.8 Å². The van der Waals surface area contributed by atoms with Crippen molar-refractivity contribution in [1.82, 2.24) is 4.90 Å². The monoisotopic (exact) mass is 244 g/mol. The average Bonchev–Trinajstić information content (AvgIpc) is 2.57. The lowest BCUT2D eigenvalue weighted by Gasteiger charge is -2.50. The molecule has 0 unspecified atom stereocenters. The molecule has 0 bridgehead atoms. The molecular weight excluding hydrogens is 220 g/mol. The zero-order valence-corrected chi connectivity index (χ0v) is 11.2. The molecule has 2 fully saturated rings. The molecule has 0 aromatic heterocycles. The van der Waals surface area contributed by atoms with Gasteiger partial charge in [0, 0.05) is 25.3 Å². The second-order valence-corrected chi connectivity index (χ2v) is 6.30. The lowest BCUT2D eigenvalue weighted by atomic mass is 9.73. The summed E-state index contributed by atoms with van der Waals surface area (Å²) < 4.78 is 0. The van der Waals surface area contributed by atoms with Crippen molar-refractivity contribution in [2.45, 2.75) is 45.1 Å². The minimum absolute atomic E-state index is 0.685. The van der Waals surface area contributed by atoms with Crippen molar-refractivity contribution < 1.29 is 0 Å². The van der Waals surface area contributed by atoms with Crippen LogP contribution >= 0.6 is 0 Å². The van der Waals surface area contributed by atoms with Crippen LogP contribution in [0.1, 0.15) is 44.1 Å². The number of likely N-dealkylation sites (tertiary alicyclic amines) is 1. The standard InChI is InChI=1S/C16H24N2/c17-15-7-5-14(6-8-15)11-18-12-16(13-18)9-3-1-2-4-10-16/h5-8H,1-4,9-13,17H2. The van der Waals surface area contributed by atoms with Crippen LogP contribution in [-0.2, 0) is 6.54 Å². The molecule has 2 nitrogen and oxygen atoms in total. The average molecular weight is 244 g/mol. The first-order chi connectivity index (χ1) is 8.76. The van der Waals surface area contributed by atoms with Crippen LogP contribution in [0.2, 0.25) is 0 Å². The number of hydrogen-bond acceptors (Lipinski definition) is 2. The summed E-state index contributed by atoms with van der Waals surface area (Å²) in [4.78, 5) is 2.59. The van der Waals surface area contributed by atoms with Crippen molar-refractivity contribution in [3.8, 4) is 0 Å². The first kappa shape index (κ1) is 12.0. The molecule has 2 N–H and O–H groups in total. The third-order valence-electron chi connectivity index (χ3n) is 4.67. The summed E-state index contributed by atoms with van der Waals surface area (Å²) in [5.41, 5.74) is 8.66. The van der Waals surface area contributed by atoms with Crippen LogP contribution in [-0.4, -0.2) is 18.0 Å². The summed E-state index contributed by atoms with van der Waals surface area (Å²) in [6.45, 7) is 3.73. The van der Waals surface area contributed by atoms with Gasteiger partial charge in [-0.3, -0.25) is 4.90 Å². The fourth-order valence-corrected chi connectivity index (χ4v) is 3.69. The molecule has 1 spiro atoms. The van der Waals surface area contributed by atoms with Crippen LogP contribution in [0.3, 0.4) is 0 Å². The summed E-state index contributed by atoms with van der Waals surface area (Å²) in [5, 5.41) is 0. The van der Waals surface area contributed by atoms with Crippen molar-refractivity contribution in [2.24, 2.45) is 5.41 Å². The topological polar surface area (TPSA) is 29.3 Å². The Bertz CT molecular complexity index is 380. The van der Waals surface area contributed by atoms with E-state index in [9.17, 15) is 0 Å². The van der Waals surface area contributed by atoms with Crippen LogP contribution in [0.5, 0.6) is 0 Å². The van der Waals surface area contributed by atoms with E-state index in [1.54, 1.807) is 0 Å². The van der Waals surface area contributed by atoms with Crippen molar-refractivity contribution >= 4 is 5.69 Å². The van der Waals surface area contributed by atoms with Crippen LogP contribution in [0.15, 0.2) is 24.3 Å². The maximum Gasteiger partial charge on any atom is 0.0314 e. The molecule has 18 heavy (non-hydrogen) atoms. The zero-order chi connectivity index (χ0) is 12.4. The van der Waals surface area contributed by atoms with Crippen molar-refractivity contribution in [2.75, 3.05) is 18.8 Å². The van der Waals surface area contributed by atoms with Crippen LogP contribution in [0, 0.1) is 5.41 Å². The van der Waals surface area contributed by atoms with E-state index < -0.39 is 0 Å². The van der Waals surface area contributed by atoms with Crippen molar-refractivity contribution in [3.63, 3.8) is 0 Å². The Morgan fingerprint density at radius 2 is 1.56 bits per heavy atom. The third kappa shape index (κ3) is 2.54. The number of nitrogens with zero attached hydrogens (tertiary/aromatic N) is 1. The van der Waals surface area contributed by atoms with Gasteiger partial charge in [-0.1, -0.05) is 37.8 Å². The Hall–Kier alpha value is -1.02. The van der Waals surface area contributed by atoms with Gasteiger partial charge in [-0.05, 0) is 36.0 Å². The van der Waals surface area contributed by atoms with Crippen LogP contribution in [0.25, 0.3) is 0 Å². The number of benzene rings is 1. The largest absolute Gasteiger partial charge is 0.399 e. The van der Waals surface area contributed by atoms with Crippen molar-refractivity contribution in [1.29, 1.82) is 0 Å². The predicted molar refractivity (Wildman–Crippen MR) is 76.3 cm³/mol. The normalized spacial score (nSPS) is 23.6. The van der Waals surface area contributed by atoms with E-state index in [2.05, 4.69) is 17.0 Å². The molecule has 2 aliphatic rings. The highest BCUT2D eigenvalue weighted by Crippen LogP contribution is 2.43. The Morgan fingerprint density at radius 3 is 2.17 bits per heavy atom. The van der Waals surface area contributed by atoms with E-state index >= 15 is 0 Å². The highest BCUT2D eigenvalue weighted by molar-refractivity contribution is 5.39. The van der Waals surface area contributed by atoms with Gasteiger partial charge in [-0.15, -0.1) is 0 Å². The van der Waals surface area contributed by atoms with Gasteiger partial charge in [0.1, 0.15) is 0 Å². The van der Waals surface area contributed by atoms with Gasteiger partial charge >= 0.3 is 0 Å². The van der Waals surface area contributed by atoms with Gasteiger partial charge < -0.3 is 5.73 Å². The van der Waals surface area contributed by atoms with E-state index in [0.29, 0.717) is 5.41 Å². The summed E-state index contributed by atoms with van der Waals surface area (Å²) in [6, 6.07) is 8.34. The highest BCUT2D eigenvalue weighted by atomic mass is 15.2.